The van der Waals surface area contributed by atoms with E-state index in [1.807, 2.05) is 31.2 Å². The third-order valence-corrected chi connectivity index (χ3v) is 5.14. The fourth-order valence-corrected chi connectivity index (χ4v) is 3.50. The molecule has 3 rings (SSSR count). The van der Waals surface area contributed by atoms with Gasteiger partial charge in [0.2, 0.25) is 0 Å². The van der Waals surface area contributed by atoms with Gasteiger partial charge in [0.05, 0.1) is 12.3 Å². The molecule has 0 aliphatic carbocycles. The molecule has 140 valence electrons. The van der Waals surface area contributed by atoms with Crippen LogP contribution in [0.4, 0.5) is 4.79 Å². The van der Waals surface area contributed by atoms with Crippen molar-refractivity contribution in [2.24, 2.45) is 0 Å². The number of amides is 1. The molecular weight excluding hydrogens is 350 g/mol. The van der Waals surface area contributed by atoms with Crippen molar-refractivity contribution in [1.29, 1.82) is 0 Å². The van der Waals surface area contributed by atoms with Gasteiger partial charge in [0, 0.05) is 38.1 Å². The van der Waals surface area contributed by atoms with Crippen LogP contribution in [0.2, 0.25) is 0 Å². The van der Waals surface area contributed by atoms with Crippen molar-refractivity contribution < 1.29 is 14.3 Å². The van der Waals surface area contributed by atoms with E-state index in [-0.39, 0.29) is 6.09 Å². The van der Waals surface area contributed by atoms with Gasteiger partial charge in [-0.3, -0.25) is 4.90 Å². The molecule has 0 N–H and O–H groups in total. The van der Waals surface area contributed by atoms with E-state index in [1.54, 1.807) is 16.2 Å². The van der Waals surface area contributed by atoms with Crippen molar-refractivity contribution >= 4 is 17.4 Å². The summed E-state index contributed by atoms with van der Waals surface area (Å²) in [6.45, 7) is 8.68. The van der Waals surface area contributed by atoms with Gasteiger partial charge in [-0.25, -0.2) is 9.78 Å². The highest BCUT2D eigenvalue weighted by atomic mass is 32.1. The van der Waals surface area contributed by atoms with Crippen molar-refractivity contribution in [2.45, 2.75) is 27.0 Å². The summed E-state index contributed by atoms with van der Waals surface area (Å²) >= 11 is 1.63. The number of ether oxygens (including phenoxy) is 2. The van der Waals surface area contributed by atoms with Gasteiger partial charge < -0.3 is 14.4 Å². The first kappa shape index (κ1) is 18.7. The SMILES string of the molecule is CCOC(=O)N1CCN(Cc2csc(COc3ccc(C)cc3)n2)CC1. The number of thiazole rings is 1. The zero-order valence-corrected chi connectivity index (χ0v) is 16.1. The Morgan fingerprint density at radius 3 is 2.62 bits per heavy atom. The molecule has 7 heteroatoms. The first-order valence-electron chi connectivity index (χ1n) is 8.91. The summed E-state index contributed by atoms with van der Waals surface area (Å²) in [7, 11) is 0. The van der Waals surface area contributed by atoms with E-state index in [2.05, 4.69) is 22.2 Å². The maximum absolute atomic E-state index is 11.7. The minimum absolute atomic E-state index is 0.212. The van der Waals surface area contributed by atoms with Crippen LogP contribution in [-0.4, -0.2) is 53.7 Å². The highest BCUT2D eigenvalue weighted by Crippen LogP contribution is 2.17. The number of hydrogen-bond acceptors (Lipinski definition) is 6. The standard InChI is InChI=1S/C19H25N3O3S/c1-3-24-19(23)22-10-8-21(9-11-22)12-16-14-26-18(20-16)13-25-17-6-4-15(2)5-7-17/h4-7,14H,3,8-13H2,1-2H3. The molecule has 0 unspecified atom stereocenters. The molecule has 1 aromatic carbocycles. The Labute approximate surface area is 158 Å². The van der Waals surface area contributed by atoms with Crippen LogP contribution >= 0.6 is 11.3 Å². The fraction of sp³-hybridized carbons (Fsp3) is 0.474. The predicted molar refractivity (Wildman–Crippen MR) is 101 cm³/mol. The minimum atomic E-state index is -0.212. The van der Waals surface area contributed by atoms with Crippen LogP contribution in [0.15, 0.2) is 29.6 Å². The van der Waals surface area contributed by atoms with Gasteiger partial charge >= 0.3 is 6.09 Å². The van der Waals surface area contributed by atoms with E-state index in [0.717, 1.165) is 36.1 Å². The van der Waals surface area contributed by atoms with Gasteiger partial charge in [0.15, 0.2) is 0 Å². The molecule has 1 aliphatic rings. The Balaban J connectivity index is 1.44. The number of piperazine rings is 1. The molecular formula is C19H25N3O3S. The molecule has 6 nitrogen and oxygen atoms in total. The number of nitrogens with zero attached hydrogens (tertiary/aromatic N) is 3. The number of rotatable bonds is 6. The molecule has 0 bridgehead atoms. The highest BCUT2D eigenvalue weighted by molar-refractivity contribution is 7.09. The molecule has 1 fully saturated rings. The Hall–Kier alpha value is -2.12. The zero-order chi connectivity index (χ0) is 18.4. The average Bonchev–Trinajstić information content (AvgIpc) is 3.09. The van der Waals surface area contributed by atoms with Crippen LogP contribution < -0.4 is 4.74 Å². The van der Waals surface area contributed by atoms with Crippen molar-refractivity contribution in [3.8, 4) is 5.75 Å². The summed E-state index contributed by atoms with van der Waals surface area (Å²) in [5.74, 6) is 0.863. The molecule has 1 amide bonds. The lowest BCUT2D eigenvalue weighted by molar-refractivity contribution is 0.0775. The first-order chi connectivity index (χ1) is 12.6. The summed E-state index contributed by atoms with van der Waals surface area (Å²) < 4.78 is 10.8. The Bertz CT molecular complexity index is 709. The number of hydrogen-bond donors (Lipinski definition) is 0. The summed E-state index contributed by atoms with van der Waals surface area (Å²) in [5.41, 5.74) is 2.28. The van der Waals surface area contributed by atoms with Gasteiger partial charge in [-0.2, -0.15) is 0 Å². The monoisotopic (exact) mass is 375 g/mol. The maximum Gasteiger partial charge on any atom is 0.409 e. The highest BCUT2D eigenvalue weighted by Gasteiger charge is 2.22. The van der Waals surface area contributed by atoms with Crippen LogP contribution in [0, 0.1) is 6.92 Å². The topological polar surface area (TPSA) is 54.9 Å². The number of carbonyl (C=O) groups excluding carboxylic acids is 1. The van der Waals surface area contributed by atoms with Gasteiger partial charge in [0.1, 0.15) is 17.4 Å². The van der Waals surface area contributed by atoms with Crippen LogP contribution in [0.5, 0.6) is 5.75 Å². The molecule has 0 saturated carbocycles. The predicted octanol–water partition coefficient (Wildman–Crippen LogP) is 3.30. The van der Waals surface area contributed by atoms with Crippen molar-refractivity contribution in [1.82, 2.24) is 14.8 Å². The normalized spacial score (nSPS) is 15.1. The third kappa shape index (κ3) is 5.19. The maximum atomic E-state index is 11.7. The van der Waals surface area contributed by atoms with Crippen LogP contribution in [0.3, 0.4) is 0 Å². The lowest BCUT2D eigenvalue weighted by Gasteiger charge is -2.33. The van der Waals surface area contributed by atoms with E-state index in [0.29, 0.717) is 26.3 Å². The molecule has 2 heterocycles. The van der Waals surface area contributed by atoms with E-state index in [1.165, 1.54) is 5.56 Å². The number of aryl methyl sites for hydroxylation is 1. The van der Waals surface area contributed by atoms with E-state index in [9.17, 15) is 4.79 Å². The first-order valence-corrected chi connectivity index (χ1v) is 9.79. The number of aromatic nitrogens is 1. The molecule has 1 saturated heterocycles. The molecule has 0 spiro atoms. The molecule has 1 aliphatic heterocycles. The molecule has 0 atom stereocenters. The summed E-state index contributed by atoms with van der Waals surface area (Å²) in [4.78, 5) is 20.5. The smallest absolute Gasteiger partial charge is 0.409 e. The van der Waals surface area contributed by atoms with E-state index < -0.39 is 0 Å². The van der Waals surface area contributed by atoms with Crippen LogP contribution in [-0.2, 0) is 17.9 Å². The Morgan fingerprint density at radius 2 is 1.92 bits per heavy atom. The minimum Gasteiger partial charge on any atom is -0.486 e. The largest absolute Gasteiger partial charge is 0.486 e. The third-order valence-electron chi connectivity index (χ3n) is 4.27. The van der Waals surface area contributed by atoms with Crippen molar-refractivity contribution in [3.63, 3.8) is 0 Å². The van der Waals surface area contributed by atoms with E-state index in [4.69, 9.17) is 9.47 Å². The lowest BCUT2D eigenvalue weighted by Crippen LogP contribution is -2.48. The van der Waals surface area contributed by atoms with Crippen molar-refractivity contribution in [3.05, 3.63) is 45.9 Å². The second kappa shape index (κ2) is 9.00. The average molecular weight is 375 g/mol. The second-order valence-electron chi connectivity index (χ2n) is 6.30. The molecule has 1 aromatic heterocycles. The summed E-state index contributed by atoms with van der Waals surface area (Å²) in [5, 5.41) is 3.07. The second-order valence-corrected chi connectivity index (χ2v) is 7.24. The fourth-order valence-electron chi connectivity index (χ4n) is 2.80. The van der Waals surface area contributed by atoms with Gasteiger partial charge in [-0.05, 0) is 26.0 Å². The molecule has 26 heavy (non-hydrogen) atoms. The van der Waals surface area contributed by atoms with Crippen LogP contribution in [0.25, 0.3) is 0 Å². The quantitative estimate of drug-likeness (QED) is 0.775. The van der Waals surface area contributed by atoms with Crippen LogP contribution in [0.1, 0.15) is 23.2 Å². The molecule has 0 radical (unpaired) electrons. The summed E-state index contributed by atoms with van der Waals surface area (Å²) in [6.07, 6.45) is -0.212. The number of benzene rings is 1. The lowest BCUT2D eigenvalue weighted by atomic mass is 10.2. The van der Waals surface area contributed by atoms with Gasteiger partial charge in [0.25, 0.3) is 0 Å². The Morgan fingerprint density at radius 1 is 1.19 bits per heavy atom. The summed E-state index contributed by atoms with van der Waals surface area (Å²) in [6, 6.07) is 8.04. The van der Waals surface area contributed by atoms with Gasteiger partial charge in [-0.15, -0.1) is 11.3 Å². The zero-order valence-electron chi connectivity index (χ0n) is 15.3. The Kier molecular flexibility index (Phi) is 6.46. The van der Waals surface area contributed by atoms with Crippen molar-refractivity contribution in [2.75, 3.05) is 32.8 Å². The number of carbonyl (C=O) groups is 1. The van der Waals surface area contributed by atoms with E-state index >= 15 is 0 Å². The van der Waals surface area contributed by atoms with Gasteiger partial charge in [-0.1, -0.05) is 17.7 Å². The molecule has 2 aromatic rings.